The predicted octanol–water partition coefficient (Wildman–Crippen LogP) is 0.721. The summed E-state index contributed by atoms with van der Waals surface area (Å²) in [5.74, 6) is -0.198. The lowest BCUT2D eigenvalue weighted by Crippen LogP contribution is -2.22. The normalized spacial score (nSPS) is 16.1. The topological polar surface area (TPSA) is 67.8 Å². The van der Waals surface area contributed by atoms with E-state index in [0.717, 1.165) is 5.56 Å². The van der Waals surface area contributed by atoms with Gasteiger partial charge in [0.15, 0.2) is 0 Å². The van der Waals surface area contributed by atoms with Crippen LogP contribution >= 0.6 is 0 Å². The molecule has 0 radical (unpaired) electrons. The highest BCUT2D eigenvalue weighted by atomic mass is 16.1. The predicted molar refractivity (Wildman–Crippen MR) is 54.2 cm³/mol. The molecule has 0 saturated heterocycles. The van der Waals surface area contributed by atoms with Crippen molar-refractivity contribution in [3.63, 3.8) is 0 Å². The summed E-state index contributed by atoms with van der Waals surface area (Å²) in [4.78, 5) is 18.7. The van der Waals surface area contributed by atoms with Crippen molar-refractivity contribution < 1.29 is 4.79 Å². The fourth-order valence-corrected chi connectivity index (χ4v) is 1.31. The molecular formula is C10H9N3O. The van der Waals surface area contributed by atoms with Gasteiger partial charge in [-0.2, -0.15) is 4.99 Å². The SMILES string of the molecule is NC1=NC(=O)CC(c2ccccc2)=N1. The zero-order chi connectivity index (χ0) is 9.97. The molecule has 14 heavy (non-hydrogen) atoms. The summed E-state index contributed by atoms with van der Waals surface area (Å²) in [6, 6.07) is 9.48. The zero-order valence-electron chi connectivity index (χ0n) is 7.47. The largest absolute Gasteiger partial charge is 0.368 e. The summed E-state index contributed by atoms with van der Waals surface area (Å²) in [5.41, 5.74) is 6.99. The van der Waals surface area contributed by atoms with Crippen molar-refractivity contribution in [1.29, 1.82) is 0 Å². The summed E-state index contributed by atoms with van der Waals surface area (Å²) < 4.78 is 0. The van der Waals surface area contributed by atoms with E-state index in [-0.39, 0.29) is 18.3 Å². The van der Waals surface area contributed by atoms with Gasteiger partial charge in [0.05, 0.1) is 12.1 Å². The van der Waals surface area contributed by atoms with E-state index < -0.39 is 0 Å². The van der Waals surface area contributed by atoms with E-state index in [4.69, 9.17) is 5.73 Å². The Morgan fingerprint density at radius 2 is 1.86 bits per heavy atom. The molecule has 2 rings (SSSR count). The molecule has 1 aliphatic rings. The van der Waals surface area contributed by atoms with Crippen molar-refractivity contribution in [2.75, 3.05) is 0 Å². The minimum atomic E-state index is -0.239. The number of carbonyl (C=O) groups is 1. The second-order valence-electron chi connectivity index (χ2n) is 2.97. The van der Waals surface area contributed by atoms with Crippen LogP contribution in [-0.4, -0.2) is 17.6 Å². The van der Waals surface area contributed by atoms with Crippen molar-refractivity contribution >= 4 is 17.6 Å². The third-order valence-corrected chi connectivity index (χ3v) is 1.91. The van der Waals surface area contributed by atoms with Crippen LogP contribution in [0.2, 0.25) is 0 Å². The molecule has 1 aromatic rings. The van der Waals surface area contributed by atoms with Gasteiger partial charge in [-0.15, -0.1) is 0 Å². The lowest BCUT2D eigenvalue weighted by atomic mass is 10.1. The fourth-order valence-electron chi connectivity index (χ4n) is 1.31. The molecule has 0 spiro atoms. The molecule has 1 aromatic carbocycles. The van der Waals surface area contributed by atoms with Crippen LogP contribution in [0.5, 0.6) is 0 Å². The average Bonchev–Trinajstić information content (AvgIpc) is 2.18. The molecule has 2 N–H and O–H groups in total. The molecule has 0 saturated carbocycles. The van der Waals surface area contributed by atoms with Crippen LogP contribution in [-0.2, 0) is 4.79 Å². The highest BCUT2D eigenvalue weighted by Crippen LogP contribution is 2.08. The molecule has 0 fully saturated rings. The Kier molecular flexibility index (Phi) is 2.10. The van der Waals surface area contributed by atoms with E-state index in [1.807, 2.05) is 30.3 Å². The molecular weight excluding hydrogens is 178 g/mol. The molecule has 1 amide bonds. The van der Waals surface area contributed by atoms with Gasteiger partial charge >= 0.3 is 0 Å². The Bertz CT molecular complexity index is 420. The van der Waals surface area contributed by atoms with E-state index in [9.17, 15) is 4.79 Å². The lowest BCUT2D eigenvalue weighted by Gasteiger charge is -2.08. The van der Waals surface area contributed by atoms with Crippen LogP contribution in [0, 0.1) is 0 Å². The number of rotatable bonds is 1. The molecule has 0 aromatic heterocycles. The summed E-state index contributed by atoms with van der Waals surface area (Å²) >= 11 is 0. The second kappa shape index (κ2) is 3.41. The maximum Gasteiger partial charge on any atom is 0.254 e. The molecule has 0 bridgehead atoms. The number of hydrogen-bond donors (Lipinski definition) is 1. The molecule has 4 nitrogen and oxygen atoms in total. The highest BCUT2D eigenvalue weighted by Gasteiger charge is 2.14. The molecule has 0 unspecified atom stereocenters. The standard InChI is InChI=1S/C10H9N3O/c11-10-12-8(6-9(14)13-10)7-4-2-1-3-5-7/h1-5H,6H2,(H2,11,13,14). The van der Waals surface area contributed by atoms with Gasteiger partial charge in [0.2, 0.25) is 5.96 Å². The van der Waals surface area contributed by atoms with E-state index in [2.05, 4.69) is 9.98 Å². The smallest absolute Gasteiger partial charge is 0.254 e. The van der Waals surface area contributed by atoms with Gasteiger partial charge in [-0.1, -0.05) is 30.3 Å². The minimum Gasteiger partial charge on any atom is -0.368 e. The first-order valence-electron chi connectivity index (χ1n) is 4.26. The van der Waals surface area contributed by atoms with Gasteiger partial charge < -0.3 is 5.73 Å². The first-order valence-corrected chi connectivity index (χ1v) is 4.26. The summed E-state index contributed by atoms with van der Waals surface area (Å²) in [7, 11) is 0. The second-order valence-corrected chi connectivity index (χ2v) is 2.97. The Hall–Kier alpha value is -1.97. The van der Waals surface area contributed by atoms with Gasteiger partial charge in [0.25, 0.3) is 5.91 Å². The average molecular weight is 187 g/mol. The molecule has 0 atom stereocenters. The Balaban J connectivity index is 2.37. The van der Waals surface area contributed by atoms with Crippen LogP contribution in [0.4, 0.5) is 0 Å². The molecule has 1 heterocycles. The van der Waals surface area contributed by atoms with E-state index >= 15 is 0 Å². The molecule has 4 heteroatoms. The third-order valence-electron chi connectivity index (χ3n) is 1.91. The van der Waals surface area contributed by atoms with Gasteiger partial charge in [-0.25, -0.2) is 4.99 Å². The third kappa shape index (κ3) is 1.69. The Morgan fingerprint density at radius 1 is 1.14 bits per heavy atom. The fraction of sp³-hybridized carbons (Fsp3) is 0.100. The Morgan fingerprint density at radius 3 is 2.50 bits per heavy atom. The quantitative estimate of drug-likeness (QED) is 0.703. The van der Waals surface area contributed by atoms with Crippen molar-refractivity contribution in [2.24, 2.45) is 15.7 Å². The first kappa shape index (κ1) is 8.62. The van der Waals surface area contributed by atoms with Crippen molar-refractivity contribution in [3.8, 4) is 0 Å². The summed E-state index contributed by atoms with van der Waals surface area (Å²) in [6.45, 7) is 0. The van der Waals surface area contributed by atoms with Gasteiger partial charge in [0.1, 0.15) is 0 Å². The van der Waals surface area contributed by atoms with Gasteiger partial charge in [0, 0.05) is 0 Å². The van der Waals surface area contributed by atoms with Gasteiger partial charge in [-0.05, 0) is 5.56 Å². The minimum absolute atomic E-state index is 0.0418. The molecule has 70 valence electrons. The van der Waals surface area contributed by atoms with Crippen LogP contribution in [0.15, 0.2) is 40.3 Å². The number of aliphatic imine (C=N–C) groups is 2. The van der Waals surface area contributed by atoms with Crippen LogP contribution < -0.4 is 5.73 Å². The Labute approximate surface area is 81.2 Å². The van der Waals surface area contributed by atoms with Crippen molar-refractivity contribution in [1.82, 2.24) is 0 Å². The number of guanidine groups is 1. The monoisotopic (exact) mass is 187 g/mol. The van der Waals surface area contributed by atoms with Crippen LogP contribution in [0.25, 0.3) is 0 Å². The number of benzene rings is 1. The van der Waals surface area contributed by atoms with Crippen molar-refractivity contribution in [2.45, 2.75) is 6.42 Å². The maximum absolute atomic E-state index is 11.1. The van der Waals surface area contributed by atoms with Crippen LogP contribution in [0.1, 0.15) is 12.0 Å². The van der Waals surface area contributed by atoms with Gasteiger partial charge in [-0.3, -0.25) is 4.79 Å². The number of nitrogens with zero attached hydrogens (tertiary/aromatic N) is 2. The molecule has 0 aliphatic carbocycles. The van der Waals surface area contributed by atoms with E-state index in [0.29, 0.717) is 5.71 Å². The zero-order valence-corrected chi connectivity index (χ0v) is 7.47. The summed E-state index contributed by atoms with van der Waals surface area (Å²) in [5, 5.41) is 0. The van der Waals surface area contributed by atoms with Crippen molar-refractivity contribution in [3.05, 3.63) is 35.9 Å². The first-order chi connectivity index (χ1) is 6.75. The maximum atomic E-state index is 11.1. The van der Waals surface area contributed by atoms with E-state index in [1.54, 1.807) is 0 Å². The highest BCUT2D eigenvalue weighted by molar-refractivity contribution is 6.19. The summed E-state index contributed by atoms with van der Waals surface area (Å²) in [6.07, 6.45) is 0.227. The number of carbonyl (C=O) groups excluding carboxylic acids is 1. The number of amides is 1. The van der Waals surface area contributed by atoms with E-state index in [1.165, 1.54) is 0 Å². The molecule has 1 aliphatic heterocycles. The lowest BCUT2D eigenvalue weighted by molar-refractivity contribution is -0.116. The number of nitrogens with two attached hydrogens (primary N) is 1. The number of hydrogen-bond acceptors (Lipinski definition) is 3. The van der Waals surface area contributed by atoms with Crippen LogP contribution in [0.3, 0.4) is 0 Å².